The van der Waals surface area contributed by atoms with Crippen LogP contribution in [0.4, 0.5) is 14.5 Å². The number of rotatable bonds is 6. The Kier molecular flexibility index (Phi) is 5.94. The molecule has 0 fully saturated rings. The molecule has 2 atom stereocenters. The lowest BCUT2D eigenvalue weighted by atomic mass is 9.91. The zero-order valence-electron chi connectivity index (χ0n) is 15.3. The van der Waals surface area contributed by atoms with Gasteiger partial charge < -0.3 is 15.8 Å². The molecule has 0 saturated carbocycles. The molecule has 0 saturated heterocycles. The van der Waals surface area contributed by atoms with Crippen molar-refractivity contribution in [3.63, 3.8) is 0 Å². The first-order valence-corrected chi connectivity index (χ1v) is 9.31. The lowest BCUT2D eigenvalue weighted by Gasteiger charge is -2.33. The number of nitrogens with two attached hydrogens (primary N) is 1. The van der Waals surface area contributed by atoms with E-state index in [4.69, 9.17) is 5.73 Å². The van der Waals surface area contributed by atoms with Crippen LogP contribution in [0.5, 0.6) is 0 Å². The smallest absolute Gasteiger partial charge is 0.345 e. The van der Waals surface area contributed by atoms with E-state index >= 15 is 0 Å². The summed E-state index contributed by atoms with van der Waals surface area (Å²) in [7, 11) is 1.72. The molecule has 0 aromatic carbocycles. The van der Waals surface area contributed by atoms with Crippen LogP contribution in [0.25, 0.3) is 0 Å². The zero-order chi connectivity index (χ0) is 20.3. The van der Waals surface area contributed by atoms with E-state index in [1.165, 1.54) is 22.6 Å². The van der Waals surface area contributed by atoms with Crippen molar-refractivity contribution < 1.29 is 18.3 Å². The first-order chi connectivity index (χ1) is 13.2. The van der Waals surface area contributed by atoms with E-state index in [0.717, 1.165) is 0 Å². The standard InChI is InChI=1S/C17H20F2N6O2S/c1-17(6-12(9-27-15(18)19)28-16(20)24-17)13-5-11(3-4-21-13)23-14(26)10-7-22-25(2)8-10/h3-5,7-8,12,15H,6,9H2,1-2H3,(H2,20,24)(H,21,23,26)/t12-,17-/m0/s1. The maximum atomic E-state index is 12.4. The van der Waals surface area contributed by atoms with Gasteiger partial charge in [0, 0.05) is 30.4 Å². The van der Waals surface area contributed by atoms with Crippen LogP contribution in [0, 0.1) is 0 Å². The van der Waals surface area contributed by atoms with Gasteiger partial charge in [-0.2, -0.15) is 13.9 Å². The molecule has 0 unspecified atom stereocenters. The molecule has 1 aliphatic heterocycles. The molecule has 1 amide bonds. The third-order valence-corrected chi connectivity index (χ3v) is 5.18. The number of alkyl halides is 2. The SMILES string of the molecule is Cn1cc(C(=O)Nc2ccnc([C@]3(C)C[C@@H](COC(F)F)SC(N)=N3)c2)cn1. The van der Waals surface area contributed by atoms with Crippen molar-refractivity contribution in [3.05, 3.63) is 42.0 Å². The summed E-state index contributed by atoms with van der Waals surface area (Å²) >= 11 is 1.20. The van der Waals surface area contributed by atoms with Gasteiger partial charge in [-0.1, -0.05) is 11.8 Å². The van der Waals surface area contributed by atoms with E-state index in [2.05, 4.69) is 25.1 Å². The van der Waals surface area contributed by atoms with E-state index in [0.29, 0.717) is 23.4 Å². The van der Waals surface area contributed by atoms with Crippen molar-refractivity contribution in [1.29, 1.82) is 0 Å². The van der Waals surface area contributed by atoms with E-state index in [-0.39, 0.29) is 22.9 Å². The molecule has 0 radical (unpaired) electrons. The van der Waals surface area contributed by atoms with E-state index in [1.54, 1.807) is 31.6 Å². The minimum atomic E-state index is -2.84. The number of hydrogen-bond donors (Lipinski definition) is 2. The van der Waals surface area contributed by atoms with Gasteiger partial charge in [-0.05, 0) is 25.5 Å². The summed E-state index contributed by atoms with van der Waals surface area (Å²) in [5.41, 5.74) is 6.62. The van der Waals surface area contributed by atoms with Gasteiger partial charge in [0.25, 0.3) is 5.91 Å². The molecule has 150 valence electrons. The van der Waals surface area contributed by atoms with Crippen LogP contribution in [0.2, 0.25) is 0 Å². The van der Waals surface area contributed by atoms with Crippen LogP contribution < -0.4 is 11.1 Å². The van der Waals surface area contributed by atoms with Crippen molar-refractivity contribution in [2.24, 2.45) is 17.8 Å². The Labute approximate surface area is 164 Å². The molecule has 2 aromatic heterocycles. The lowest BCUT2D eigenvalue weighted by Crippen LogP contribution is -2.36. The summed E-state index contributed by atoms with van der Waals surface area (Å²) in [5, 5.41) is 6.76. The molecule has 3 N–H and O–H groups in total. The summed E-state index contributed by atoms with van der Waals surface area (Å²) in [6.07, 6.45) is 5.04. The minimum absolute atomic E-state index is 0.147. The molecular weight excluding hydrogens is 390 g/mol. The Hall–Kier alpha value is -2.53. The quantitative estimate of drug-likeness (QED) is 0.757. The third kappa shape index (κ3) is 4.84. The number of aliphatic imine (C=N–C) groups is 1. The van der Waals surface area contributed by atoms with Crippen LogP contribution in [0.1, 0.15) is 29.4 Å². The number of thioether (sulfide) groups is 1. The van der Waals surface area contributed by atoms with Crippen LogP contribution in [-0.4, -0.2) is 44.3 Å². The summed E-state index contributed by atoms with van der Waals surface area (Å²) < 4.78 is 30.7. The number of aryl methyl sites for hydroxylation is 1. The van der Waals surface area contributed by atoms with Crippen molar-refractivity contribution >= 4 is 28.5 Å². The molecule has 2 aromatic rings. The Morgan fingerprint density at radius 1 is 1.57 bits per heavy atom. The Morgan fingerprint density at radius 3 is 3.04 bits per heavy atom. The number of nitrogens with zero attached hydrogens (tertiary/aromatic N) is 4. The fourth-order valence-electron chi connectivity index (χ4n) is 2.95. The van der Waals surface area contributed by atoms with Gasteiger partial charge in [0.15, 0.2) is 5.17 Å². The van der Waals surface area contributed by atoms with E-state index in [1.807, 2.05) is 6.92 Å². The summed E-state index contributed by atoms with van der Waals surface area (Å²) in [6.45, 7) is -1.16. The van der Waals surface area contributed by atoms with Crippen LogP contribution in [0.15, 0.2) is 35.7 Å². The number of carbonyl (C=O) groups is 1. The normalized spacial score (nSPS) is 22.2. The Bertz CT molecular complexity index is 890. The molecule has 3 rings (SSSR count). The van der Waals surface area contributed by atoms with Crippen molar-refractivity contribution in [1.82, 2.24) is 14.8 Å². The number of anilines is 1. The number of amidine groups is 1. The first kappa shape index (κ1) is 20.2. The van der Waals surface area contributed by atoms with Crippen molar-refractivity contribution in [2.45, 2.75) is 30.7 Å². The molecule has 0 spiro atoms. The van der Waals surface area contributed by atoms with Gasteiger partial charge in [0.1, 0.15) is 5.54 Å². The number of pyridine rings is 1. The monoisotopic (exact) mass is 410 g/mol. The summed E-state index contributed by atoms with van der Waals surface area (Å²) in [6, 6.07) is 3.36. The number of hydrogen-bond acceptors (Lipinski definition) is 7. The first-order valence-electron chi connectivity index (χ1n) is 8.43. The molecule has 3 heterocycles. The fraction of sp³-hybridized carbons (Fsp3) is 0.412. The van der Waals surface area contributed by atoms with E-state index < -0.39 is 12.2 Å². The third-order valence-electron chi connectivity index (χ3n) is 4.21. The average molecular weight is 410 g/mol. The van der Waals surface area contributed by atoms with Crippen molar-refractivity contribution in [3.8, 4) is 0 Å². The molecule has 11 heteroatoms. The summed E-state index contributed by atoms with van der Waals surface area (Å²) in [4.78, 5) is 21.1. The number of halogens is 2. The molecular formula is C17H20F2N6O2S. The average Bonchev–Trinajstić information content (AvgIpc) is 3.06. The topological polar surface area (TPSA) is 107 Å². The molecule has 0 aliphatic carbocycles. The Balaban J connectivity index is 1.78. The molecule has 8 nitrogen and oxygen atoms in total. The van der Waals surface area contributed by atoms with E-state index in [9.17, 15) is 13.6 Å². The molecule has 28 heavy (non-hydrogen) atoms. The predicted molar refractivity (Wildman–Crippen MR) is 102 cm³/mol. The van der Waals surface area contributed by atoms with Gasteiger partial charge in [0.05, 0.1) is 24.1 Å². The van der Waals surface area contributed by atoms with Crippen molar-refractivity contribution in [2.75, 3.05) is 11.9 Å². The van der Waals surface area contributed by atoms with Gasteiger partial charge in [0.2, 0.25) is 0 Å². The highest BCUT2D eigenvalue weighted by atomic mass is 32.2. The molecule has 0 bridgehead atoms. The summed E-state index contributed by atoms with van der Waals surface area (Å²) in [5.74, 6) is -0.305. The van der Waals surface area contributed by atoms with Gasteiger partial charge >= 0.3 is 6.61 Å². The van der Waals surface area contributed by atoms with Gasteiger partial charge in [-0.3, -0.25) is 14.5 Å². The number of ether oxygens (including phenoxy) is 1. The second kappa shape index (κ2) is 8.23. The predicted octanol–water partition coefficient (Wildman–Crippen LogP) is 2.34. The minimum Gasteiger partial charge on any atom is -0.379 e. The fourth-order valence-corrected chi connectivity index (χ4v) is 4.10. The number of carbonyl (C=O) groups excluding carboxylic acids is 1. The largest absolute Gasteiger partial charge is 0.379 e. The highest BCUT2D eigenvalue weighted by Crippen LogP contribution is 2.38. The van der Waals surface area contributed by atoms with Gasteiger partial charge in [-0.15, -0.1) is 0 Å². The number of nitrogens with one attached hydrogen (secondary N) is 1. The van der Waals surface area contributed by atoms with Crippen LogP contribution in [-0.2, 0) is 17.3 Å². The maximum absolute atomic E-state index is 12.4. The number of aromatic nitrogens is 3. The number of amides is 1. The highest BCUT2D eigenvalue weighted by Gasteiger charge is 2.36. The second-order valence-electron chi connectivity index (χ2n) is 6.55. The maximum Gasteiger partial charge on any atom is 0.345 e. The zero-order valence-corrected chi connectivity index (χ0v) is 16.1. The van der Waals surface area contributed by atoms with Crippen LogP contribution >= 0.6 is 11.8 Å². The highest BCUT2D eigenvalue weighted by molar-refractivity contribution is 8.14. The lowest BCUT2D eigenvalue weighted by molar-refractivity contribution is -0.128. The van der Waals surface area contributed by atoms with Gasteiger partial charge in [-0.25, -0.2) is 4.99 Å². The van der Waals surface area contributed by atoms with Crippen LogP contribution in [0.3, 0.4) is 0 Å². The second-order valence-corrected chi connectivity index (χ2v) is 7.87. The molecule has 1 aliphatic rings. The Morgan fingerprint density at radius 2 is 2.36 bits per heavy atom.